The number of rotatable bonds is 2. The molecule has 5 heteroatoms. The number of hydrogen-bond acceptors (Lipinski definition) is 2. The maximum absolute atomic E-state index is 12.4. The third-order valence-corrected chi connectivity index (χ3v) is 5.51. The monoisotopic (exact) mass is 315 g/mol. The van der Waals surface area contributed by atoms with Gasteiger partial charge in [-0.3, -0.25) is 4.79 Å². The van der Waals surface area contributed by atoms with Crippen LogP contribution >= 0.6 is 0 Å². The van der Waals surface area contributed by atoms with Gasteiger partial charge in [0.05, 0.1) is 6.42 Å². The van der Waals surface area contributed by atoms with Gasteiger partial charge in [0.2, 0.25) is 5.91 Å². The Morgan fingerprint density at radius 3 is 1.96 bits per heavy atom. The van der Waals surface area contributed by atoms with E-state index in [1.807, 2.05) is 35.2 Å². The van der Waals surface area contributed by atoms with Crippen LogP contribution in [0, 0.1) is 5.41 Å². The summed E-state index contributed by atoms with van der Waals surface area (Å²) in [7, 11) is 0. The van der Waals surface area contributed by atoms with Crippen LogP contribution in [0.2, 0.25) is 0 Å². The lowest BCUT2D eigenvalue weighted by atomic mass is 9.71. The van der Waals surface area contributed by atoms with E-state index in [1.165, 1.54) is 0 Å². The molecular weight excluding hydrogens is 290 g/mol. The van der Waals surface area contributed by atoms with Gasteiger partial charge < -0.3 is 15.5 Å². The van der Waals surface area contributed by atoms with Gasteiger partial charge in [0.1, 0.15) is 0 Å². The Morgan fingerprint density at radius 2 is 1.43 bits per heavy atom. The molecule has 0 radical (unpaired) electrons. The van der Waals surface area contributed by atoms with Gasteiger partial charge in [-0.15, -0.1) is 0 Å². The third kappa shape index (κ3) is 3.66. The first-order valence-corrected chi connectivity index (χ1v) is 8.44. The largest absolute Gasteiger partial charge is 0.351 e. The molecule has 2 aliphatic heterocycles. The molecule has 2 aliphatic rings. The molecule has 2 heterocycles. The summed E-state index contributed by atoms with van der Waals surface area (Å²) in [6.45, 7) is 3.19. The molecule has 5 nitrogen and oxygen atoms in total. The Morgan fingerprint density at radius 1 is 0.913 bits per heavy atom. The van der Waals surface area contributed by atoms with Gasteiger partial charge in [0, 0.05) is 26.2 Å². The zero-order valence-corrected chi connectivity index (χ0v) is 13.5. The van der Waals surface area contributed by atoms with E-state index in [0.717, 1.165) is 57.4 Å². The highest BCUT2D eigenvalue weighted by Crippen LogP contribution is 2.41. The van der Waals surface area contributed by atoms with Crippen molar-refractivity contribution in [3.63, 3.8) is 0 Å². The average molecular weight is 315 g/mol. The molecule has 0 aliphatic carbocycles. The van der Waals surface area contributed by atoms with Gasteiger partial charge in [-0.1, -0.05) is 30.3 Å². The van der Waals surface area contributed by atoms with E-state index in [9.17, 15) is 9.59 Å². The van der Waals surface area contributed by atoms with Crippen LogP contribution in [0.5, 0.6) is 0 Å². The van der Waals surface area contributed by atoms with Crippen LogP contribution in [0.25, 0.3) is 0 Å². The smallest absolute Gasteiger partial charge is 0.314 e. The second-order valence-electron chi connectivity index (χ2n) is 6.87. The standard InChI is InChI=1S/C18H25N3O2/c19-17(23)21-12-8-18(9-13-21)6-10-20(11-7-18)16(22)14-15-4-2-1-3-5-15/h1-5H,6-14H2,(H2,19,23). The summed E-state index contributed by atoms with van der Waals surface area (Å²) in [6.07, 6.45) is 4.59. The number of hydrogen-bond donors (Lipinski definition) is 1. The molecule has 1 spiro atoms. The fourth-order valence-corrected chi connectivity index (χ4v) is 3.81. The molecule has 2 saturated heterocycles. The van der Waals surface area contributed by atoms with Crippen LogP contribution < -0.4 is 5.73 Å². The minimum Gasteiger partial charge on any atom is -0.351 e. The molecule has 23 heavy (non-hydrogen) atoms. The highest BCUT2D eigenvalue weighted by Gasteiger charge is 2.38. The van der Waals surface area contributed by atoms with Gasteiger partial charge in [-0.25, -0.2) is 4.79 Å². The van der Waals surface area contributed by atoms with E-state index in [1.54, 1.807) is 4.90 Å². The number of piperidine rings is 2. The predicted molar refractivity (Wildman–Crippen MR) is 88.8 cm³/mol. The predicted octanol–water partition coefficient (Wildman–Crippen LogP) is 2.01. The van der Waals surface area contributed by atoms with Crippen molar-refractivity contribution in [1.82, 2.24) is 9.80 Å². The number of likely N-dealkylation sites (tertiary alicyclic amines) is 2. The van der Waals surface area contributed by atoms with E-state index in [-0.39, 0.29) is 11.9 Å². The fourth-order valence-electron chi connectivity index (χ4n) is 3.81. The summed E-state index contributed by atoms with van der Waals surface area (Å²) >= 11 is 0. The Hall–Kier alpha value is -2.04. The van der Waals surface area contributed by atoms with Crippen molar-refractivity contribution in [2.75, 3.05) is 26.2 Å². The lowest BCUT2D eigenvalue weighted by Gasteiger charge is -2.46. The summed E-state index contributed by atoms with van der Waals surface area (Å²) in [5.41, 5.74) is 6.73. The van der Waals surface area contributed by atoms with E-state index in [0.29, 0.717) is 11.8 Å². The molecule has 3 amide bonds. The second-order valence-corrected chi connectivity index (χ2v) is 6.87. The molecule has 124 valence electrons. The van der Waals surface area contributed by atoms with Crippen LogP contribution in [-0.2, 0) is 11.2 Å². The molecule has 3 rings (SSSR count). The van der Waals surface area contributed by atoms with Crippen molar-refractivity contribution < 1.29 is 9.59 Å². The molecule has 0 saturated carbocycles. The molecule has 0 atom stereocenters. The molecular formula is C18H25N3O2. The van der Waals surface area contributed by atoms with Crippen molar-refractivity contribution in [3.8, 4) is 0 Å². The molecule has 0 unspecified atom stereocenters. The number of benzene rings is 1. The molecule has 0 aromatic heterocycles. The Kier molecular flexibility index (Phi) is 4.55. The Bertz CT molecular complexity index is 555. The van der Waals surface area contributed by atoms with Gasteiger partial charge in [0.15, 0.2) is 0 Å². The maximum atomic E-state index is 12.4. The second kappa shape index (κ2) is 6.60. The summed E-state index contributed by atoms with van der Waals surface area (Å²) in [4.78, 5) is 27.4. The number of primary amides is 1. The van der Waals surface area contributed by atoms with Crippen molar-refractivity contribution in [1.29, 1.82) is 0 Å². The molecule has 0 bridgehead atoms. The molecule has 2 N–H and O–H groups in total. The van der Waals surface area contributed by atoms with Crippen molar-refractivity contribution in [3.05, 3.63) is 35.9 Å². The minimum absolute atomic E-state index is 0.223. The number of urea groups is 1. The summed E-state index contributed by atoms with van der Waals surface area (Å²) < 4.78 is 0. The van der Waals surface area contributed by atoms with Crippen molar-refractivity contribution >= 4 is 11.9 Å². The molecule has 1 aromatic carbocycles. The lowest BCUT2D eigenvalue weighted by molar-refractivity contribution is -0.133. The normalized spacial score (nSPS) is 20.5. The SMILES string of the molecule is NC(=O)N1CCC2(CC1)CCN(C(=O)Cc1ccccc1)CC2. The molecule has 1 aromatic rings. The fraction of sp³-hybridized carbons (Fsp3) is 0.556. The lowest BCUT2D eigenvalue weighted by Crippen LogP contribution is -2.50. The zero-order valence-electron chi connectivity index (χ0n) is 13.5. The van der Waals surface area contributed by atoms with Gasteiger partial charge >= 0.3 is 6.03 Å². The van der Waals surface area contributed by atoms with Crippen molar-refractivity contribution in [2.24, 2.45) is 11.1 Å². The van der Waals surface area contributed by atoms with E-state index in [2.05, 4.69) is 0 Å². The van der Waals surface area contributed by atoms with E-state index in [4.69, 9.17) is 5.73 Å². The average Bonchev–Trinajstić information content (AvgIpc) is 2.57. The Balaban J connectivity index is 1.51. The number of nitrogens with two attached hydrogens (primary N) is 1. The quantitative estimate of drug-likeness (QED) is 0.907. The zero-order chi connectivity index (χ0) is 16.3. The first-order chi connectivity index (χ1) is 11.1. The minimum atomic E-state index is -0.310. The summed E-state index contributed by atoms with van der Waals surface area (Å²) in [5.74, 6) is 0.223. The van der Waals surface area contributed by atoms with Gasteiger partial charge in [0.25, 0.3) is 0 Å². The van der Waals surface area contributed by atoms with E-state index < -0.39 is 0 Å². The van der Waals surface area contributed by atoms with Gasteiger partial charge in [-0.05, 0) is 36.7 Å². The van der Waals surface area contributed by atoms with Gasteiger partial charge in [-0.2, -0.15) is 0 Å². The summed E-state index contributed by atoms with van der Waals surface area (Å²) in [6, 6.07) is 9.61. The van der Waals surface area contributed by atoms with Crippen LogP contribution in [0.15, 0.2) is 30.3 Å². The maximum Gasteiger partial charge on any atom is 0.314 e. The van der Waals surface area contributed by atoms with Crippen molar-refractivity contribution in [2.45, 2.75) is 32.1 Å². The van der Waals surface area contributed by atoms with Crippen LogP contribution in [0.3, 0.4) is 0 Å². The number of nitrogens with zero attached hydrogens (tertiary/aromatic N) is 2. The third-order valence-electron chi connectivity index (χ3n) is 5.51. The Labute approximate surface area is 137 Å². The molecule has 2 fully saturated rings. The first kappa shape index (κ1) is 15.8. The van der Waals surface area contributed by atoms with Crippen LogP contribution in [-0.4, -0.2) is 47.9 Å². The first-order valence-electron chi connectivity index (χ1n) is 8.44. The van der Waals surface area contributed by atoms with E-state index >= 15 is 0 Å². The number of amides is 3. The van der Waals surface area contributed by atoms with Crippen LogP contribution in [0.4, 0.5) is 4.79 Å². The number of carbonyl (C=O) groups excluding carboxylic acids is 2. The van der Waals surface area contributed by atoms with Crippen LogP contribution in [0.1, 0.15) is 31.2 Å². The number of carbonyl (C=O) groups is 2. The topological polar surface area (TPSA) is 66.6 Å². The summed E-state index contributed by atoms with van der Waals surface area (Å²) in [5, 5.41) is 0. The highest BCUT2D eigenvalue weighted by atomic mass is 16.2. The highest BCUT2D eigenvalue weighted by molar-refractivity contribution is 5.78.